The van der Waals surface area contributed by atoms with E-state index in [1.807, 2.05) is 0 Å². The van der Waals surface area contributed by atoms with Crippen molar-refractivity contribution in [2.75, 3.05) is 19.6 Å². The van der Waals surface area contributed by atoms with E-state index in [0.29, 0.717) is 42.9 Å². The molecule has 3 aliphatic heterocycles. The van der Waals surface area contributed by atoms with Crippen LogP contribution in [0.1, 0.15) is 77.6 Å². The van der Waals surface area contributed by atoms with Crippen molar-refractivity contribution >= 4 is 5.91 Å². The van der Waals surface area contributed by atoms with E-state index in [1.54, 1.807) is 0 Å². The molecule has 0 radical (unpaired) electrons. The van der Waals surface area contributed by atoms with Crippen LogP contribution in [0.25, 0.3) is 0 Å². The van der Waals surface area contributed by atoms with E-state index >= 15 is 0 Å². The molecule has 1 amide bonds. The van der Waals surface area contributed by atoms with Crippen LogP contribution >= 0.6 is 0 Å². The first-order chi connectivity index (χ1) is 16.5. The Morgan fingerprint density at radius 1 is 1.03 bits per heavy atom. The zero-order chi connectivity index (χ0) is 23.7. The zero-order valence-corrected chi connectivity index (χ0v) is 20.7. The number of nitrogens with one attached hydrogen (secondary N) is 4. The summed E-state index contributed by atoms with van der Waals surface area (Å²) in [7, 11) is 0. The molecule has 5 N–H and O–H groups in total. The Labute approximate surface area is 203 Å². The van der Waals surface area contributed by atoms with Crippen LogP contribution in [-0.2, 0) is 4.79 Å². The van der Waals surface area contributed by atoms with Gasteiger partial charge in [-0.05, 0) is 62.7 Å². The molecule has 8 nitrogen and oxygen atoms in total. The SMILES string of the molecule is CC1CCCCC1CC(=O)N1CCCC(C2NC(O)C3NNN(CC4CCC(F)CC4)C3N2)C1. The quantitative estimate of drug-likeness (QED) is 0.410. The van der Waals surface area contributed by atoms with Gasteiger partial charge in [-0.25, -0.2) is 14.8 Å². The van der Waals surface area contributed by atoms with Crippen LogP contribution in [0.3, 0.4) is 0 Å². The van der Waals surface area contributed by atoms with Gasteiger partial charge < -0.3 is 10.0 Å². The number of hydrogen-bond donors (Lipinski definition) is 5. The minimum Gasteiger partial charge on any atom is -0.377 e. The smallest absolute Gasteiger partial charge is 0.222 e. The molecule has 2 aliphatic carbocycles. The molecular formula is C25H45FN6O2. The van der Waals surface area contributed by atoms with Crippen LogP contribution in [0.4, 0.5) is 4.39 Å². The van der Waals surface area contributed by atoms with Crippen molar-refractivity contribution < 1.29 is 14.3 Å². The van der Waals surface area contributed by atoms with Crippen LogP contribution < -0.4 is 21.6 Å². The highest BCUT2D eigenvalue weighted by Gasteiger charge is 2.46. The van der Waals surface area contributed by atoms with E-state index in [1.165, 1.54) is 25.7 Å². The van der Waals surface area contributed by atoms with Crippen LogP contribution in [0.2, 0.25) is 0 Å². The summed E-state index contributed by atoms with van der Waals surface area (Å²) in [5, 5.41) is 20.1. The van der Waals surface area contributed by atoms with Gasteiger partial charge in [0, 0.05) is 32.0 Å². The van der Waals surface area contributed by atoms with Crippen molar-refractivity contribution in [2.45, 2.75) is 108 Å². The fourth-order valence-electron chi connectivity index (χ4n) is 7.04. The molecule has 3 heterocycles. The van der Waals surface area contributed by atoms with Gasteiger partial charge in [-0.15, -0.1) is 0 Å². The summed E-state index contributed by atoms with van der Waals surface area (Å²) >= 11 is 0. The Bertz CT molecular complexity index is 692. The number of aliphatic hydroxyl groups is 1. The molecule has 9 heteroatoms. The van der Waals surface area contributed by atoms with Gasteiger partial charge in [0.1, 0.15) is 12.4 Å². The molecule has 7 atom stereocenters. The van der Waals surface area contributed by atoms with Crippen LogP contribution in [0.5, 0.6) is 0 Å². The Kier molecular flexibility index (Phi) is 8.07. The van der Waals surface area contributed by atoms with Gasteiger partial charge in [0.25, 0.3) is 0 Å². The number of halogens is 1. The number of hydrazine groups is 2. The summed E-state index contributed by atoms with van der Waals surface area (Å²) in [6, 6.07) is -0.164. The van der Waals surface area contributed by atoms with Crippen LogP contribution in [0.15, 0.2) is 0 Å². The highest BCUT2D eigenvalue weighted by atomic mass is 19.1. The third kappa shape index (κ3) is 5.60. The Morgan fingerprint density at radius 3 is 2.62 bits per heavy atom. The van der Waals surface area contributed by atoms with E-state index < -0.39 is 12.4 Å². The Morgan fingerprint density at radius 2 is 1.82 bits per heavy atom. The van der Waals surface area contributed by atoms with Gasteiger partial charge in [-0.2, -0.15) is 5.53 Å². The molecule has 0 aromatic rings. The van der Waals surface area contributed by atoms with E-state index in [0.717, 1.165) is 45.3 Å². The maximum Gasteiger partial charge on any atom is 0.222 e. The monoisotopic (exact) mass is 480 g/mol. The number of rotatable bonds is 5. The summed E-state index contributed by atoms with van der Waals surface area (Å²) in [4.78, 5) is 15.2. The number of amides is 1. The molecule has 5 aliphatic rings. The number of likely N-dealkylation sites (tertiary alicyclic amines) is 1. The van der Waals surface area contributed by atoms with Gasteiger partial charge in [0.15, 0.2) is 0 Å². The Balaban J connectivity index is 1.17. The van der Waals surface area contributed by atoms with Crippen LogP contribution in [-0.4, -0.2) is 71.3 Å². The minimum atomic E-state index is -0.676. The predicted octanol–water partition coefficient (Wildman–Crippen LogP) is 1.83. The van der Waals surface area contributed by atoms with Crippen molar-refractivity contribution in [3.63, 3.8) is 0 Å². The molecule has 2 saturated carbocycles. The Hall–Kier alpha value is -0.840. The fraction of sp³-hybridized carbons (Fsp3) is 0.960. The molecule has 0 aromatic carbocycles. The fourth-order valence-corrected chi connectivity index (χ4v) is 7.04. The highest BCUT2D eigenvalue weighted by molar-refractivity contribution is 5.76. The number of alkyl halides is 1. The first-order valence-electron chi connectivity index (χ1n) is 13.9. The molecule has 0 aromatic heterocycles. The van der Waals surface area contributed by atoms with Gasteiger partial charge in [0.05, 0.1) is 18.4 Å². The van der Waals surface area contributed by atoms with Crippen molar-refractivity contribution in [3.05, 3.63) is 0 Å². The van der Waals surface area contributed by atoms with Gasteiger partial charge >= 0.3 is 0 Å². The third-order valence-corrected chi connectivity index (χ3v) is 9.33. The molecule has 34 heavy (non-hydrogen) atoms. The average Bonchev–Trinajstić information content (AvgIpc) is 3.25. The van der Waals surface area contributed by atoms with Crippen molar-refractivity contribution in [2.24, 2.45) is 23.7 Å². The second-order valence-electron chi connectivity index (χ2n) is 11.7. The lowest BCUT2D eigenvalue weighted by Crippen LogP contribution is -2.71. The average molecular weight is 481 g/mol. The number of nitrogens with zero attached hydrogens (tertiary/aromatic N) is 2. The van der Waals surface area contributed by atoms with Gasteiger partial charge in [0.2, 0.25) is 5.91 Å². The second-order valence-corrected chi connectivity index (χ2v) is 11.7. The summed E-state index contributed by atoms with van der Waals surface area (Å²) in [5.74, 6) is 2.23. The summed E-state index contributed by atoms with van der Waals surface area (Å²) in [6.45, 7) is 4.74. The van der Waals surface area contributed by atoms with Crippen molar-refractivity contribution in [1.82, 2.24) is 31.5 Å². The molecule has 5 rings (SSSR count). The maximum absolute atomic E-state index is 13.6. The second kappa shape index (κ2) is 11.0. The van der Waals surface area contributed by atoms with Gasteiger partial charge in [-0.3, -0.25) is 15.4 Å². The number of aliphatic hydroxyl groups excluding tert-OH is 1. The highest BCUT2D eigenvalue weighted by Crippen LogP contribution is 2.33. The molecule has 5 fully saturated rings. The standard InChI is InChI=1S/C25H45FN6O2/c1-16-5-2-3-6-18(16)13-21(33)31-12-4-7-19(15-31)23-27-24-22(25(34)28-23)29-30-32(24)14-17-8-10-20(26)11-9-17/h16-20,22-25,27-30,34H,2-15H2,1H3. The van der Waals surface area contributed by atoms with Crippen LogP contribution in [0, 0.1) is 23.7 Å². The number of carbonyl (C=O) groups excluding carboxylic acids is 1. The zero-order valence-electron chi connectivity index (χ0n) is 20.7. The number of fused-ring (bicyclic) bond motifs is 1. The molecular weight excluding hydrogens is 435 g/mol. The largest absolute Gasteiger partial charge is 0.377 e. The number of carbonyl (C=O) groups is 1. The van der Waals surface area contributed by atoms with E-state index in [9.17, 15) is 14.3 Å². The van der Waals surface area contributed by atoms with Crippen molar-refractivity contribution in [3.8, 4) is 0 Å². The molecule has 194 valence electrons. The lowest BCUT2D eigenvalue weighted by molar-refractivity contribution is -0.135. The predicted molar refractivity (Wildman–Crippen MR) is 129 cm³/mol. The first kappa shape index (κ1) is 24.8. The first-order valence-corrected chi connectivity index (χ1v) is 13.9. The minimum absolute atomic E-state index is 0.0430. The van der Waals surface area contributed by atoms with Gasteiger partial charge in [-0.1, -0.05) is 26.2 Å². The third-order valence-electron chi connectivity index (χ3n) is 9.33. The van der Waals surface area contributed by atoms with Crippen molar-refractivity contribution in [1.29, 1.82) is 0 Å². The molecule has 7 unspecified atom stereocenters. The summed E-state index contributed by atoms with van der Waals surface area (Å²) < 4.78 is 13.6. The topological polar surface area (TPSA) is 91.9 Å². The summed E-state index contributed by atoms with van der Waals surface area (Å²) in [6.07, 6.45) is 9.48. The van der Waals surface area contributed by atoms with E-state index in [2.05, 4.69) is 38.4 Å². The molecule has 3 saturated heterocycles. The van der Waals surface area contributed by atoms with E-state index in [-0.39, 0.29) is 24.3 Å². The number of piperidine rings is 1. The molecule has 0 spiro atoms. The number of hydrogen-bond acceptors (Lipinski definition) is 7. The molecule has 0 bridgehead atoms. The normalized spacial score (nSPS) is 44.1. The lowest BCUT2D eigenvalue weighted by Gasteiger charge is -2.45. The maximum atomic E-state index is 13.6. The summed E-state index contributed by atoms with van der Waals surface area (Å²) in [5.41, 5.74) is 6.47. The van der Waals surface area contributed by atoms with E-state index in [4.69, 9.17) is 0 Å². The lowest BCUT2D eigenvalue weighted by atomic mass is 9.78.